The number of hydrazone groups is 1. The summed E-state index contributed by atoms with van der Waals surface area (Å²) in [5.74, 6) is 2.45. The summed E-state index contributed by atoms with van der Waals surface area (Å²) >= 11 is 0. The SMILES string of the molecule is COc1cc(/C=N\N2CCN(c3ccccn3)CC2)ccc1OCc1ccccc1. The van der Waals surface area contributed by atoms with Crippen LogP contribution in [0.1, 0.15) is 11.1 Å². The summed E-state index contributed by atoms with van der Waals surface area (Å²) in [7, 11) is 1.66. The van der Waals surface area contributed by atoms with Gasteiger partial charge < -0.3 is 14.4 Å². The maximum absolute atomic E-state index is 5.93. The molecular formula is C24H26N4O2. The first-order chi connectivity index (χ1) is 14.8. The molecule has 0 aliphatic carbocycles. The predicted octanol–water partition coefficient (Wildman–Crippen LogP) is 3.83. The molecule has 2 heterocycles. The quantitative estimate of drug-likeness (QED) is 0.562. The van der Waals surface area contributed by atoms with E-state index in [0.717, 1.165) is 48.9 Å². The number of methoxy groups -OCH3 is 1. The molecule has 0 N–H and O–H groups in total. The van der Waals surface area contributed by atoms with Crippen LogP contribution in [0, 0.1) is 0 Å². The van der Waals surface area contributed by atoms with Gasteiger partial charge in [-0.15, -0.1) is 0 Å². The molecule has 1 aliphatic rings. The van der Waals surface area contributed by atoms with E-state index in [2.05, 4.69) is 20.0 Å². The molecule has 2 aromatic carbocycles. The van der Waals surface area contributed by atoms with E-state index in [1.54, 1.807) is 7.11 Å². The first kappa shape index (κ1) is 19.8. The highest BCUT2D eigenvalue weighted by Gasteiger charge is 2.16. The van der Waals surface area contributed by atoms with Gasteiger partial charge in [0.25, 0.3) is 0 Å². The zero-order valence-corrected chi connectivity index (χ0v) is 17.1. The van der Waals surface area contributed by atoms with E-state index in [1.807, 2.05) is 79.1 Å². The Kier molecular flexibility index (Phi) is 6.44. The van der Waals surface area contributed by atoms with Crippen molar-refractivity contribution < 1.29 is 9.47 Å². The van der Waals surface area contributed by atoms with Crippen LogP contribution in [0.15, 0.2) is 78.0 Å². The lowest BCUT2D eigenvalue weighted by molar-refractivity contribution is 0.271. The Morgan fingerprint density at radius 2 is 1.73 bits per heavy atom. The van der Waals surface area contributed by atoms with Crippen LogP contribution in [-0.4, -0.2) is 49.5 Å². The second-order valence-corrected chi connectivity index (χ2v) is 7.06. The molecule has 3 aromatic rings. The third-order valence-corrected chi connectivity index (χ3v) is 5.02. The van der Waals surface area contributed by atoms with Crippen molar-refractivity contribution in [2.45, 2.75) is 6.61 Å². The third-order valence-electron chi connectivity index (χ3n) is 5.02. The first-order valence-corrected chi connectivity index (χ1v) is 10.1. The van der Waals surface area contributed by atoms with Gasteiger partial charge in [0.1, 0.15) is 12.4 Å². The molecule has 4 rings (SSSR count). The number of hydrogen-bond acceptors (Lipinski definition) is 6. The Bertz CT molecular complexity index is 955. The van der Waals surface area contributed by atoms with Gasteiger partial charge in [-0.3, -0.25) is 5.01 Å². The summed E-state index contributed by atoms with van der Waals surface area (Å²) in [5, 5.41) is 6.73. The highest BCUT2D eigenvalue weighted by atomic mass is 16.5. The zero-order chi connectivity index (χ0) is 20.6. The van der Waals surface area contributed by atoms with Crippen molar-refractivity contribution in [3.8, 4) is 11.5 Å². The Hall–Kier alpha value is -3.54. The van der Waals surface area contributed by atoms with Crippen LogP contribution in [0.4, 0.5) is 5.82 Å². The lowest BCUT2D eigenvalue weighted by atomic mass is 10.2. The molecule has 1 fully saturated rings. The summed E-state index contributed by atoms with van der Waals surface area (Å²) in [6.45, 7) is 4.05. The largest absolute Gasteiger partial charge is 0.493 e. The van der Waals surface area contributed by atoms with Crippen LogP contribution < -0.4 is 14.4 Å². The van der Waals surface area contributed by atoms with Gasteiger partial charge in [-0.1, -0.05) is 36.4 Å². The van der Waals surface area contributed by atoms with E-state index in [-0.39, 0.29) is 0 Å². The average molecular weight is 402 g/mol. The maximum Gasteiger partial charge on any atom is 0.161 e. The number of benzene rings is 2. The third kappa shape index (κ3) is 5.08. The van der Waals surface area contributed by atoms with Crippen LogP contribution >= 0.6 is 0 Å². The van der Waals surface area contributed by atoms with E-state index < -0.39 is 0 Å². The van der Waals surface area contributed by atoms with Crippen molar-refractivity contribution in [1.82, 2.24) is 9.99 Å². The van der Waals surface area contributed by atoms with E-state index >= 15 is 0 Å². The van der Waals surface area contributed by atoms with Gasteiger partial charge in [0.15, 0.2) is 11.5 Å². The summed E-state index contributed by atoms with van der Waals surface area (Å²) < 4.78 is 11.4. The fraction of sp³-hybridized carbons (Fsp3) is 0.250. The molecule has 154 valence electrons. The van der Waals surface area contributed by atoms with E-state index in [9.17, 15) is 0 Å². The molecule has 0 atom stereocenters. The van der Waals surface area contributed by atoms with E-state index in [1.165, 1.54) is 0 Å². The summed E-state index contributed by atoms with van der Waals surface area (Å²) in [5.41, 5.74) is 2.10. The lowest BCUT2D eigenvalue weighted by Crippen LogP contribution is -2.44. The van der Waals surface area contributed by atoms with Crippen molar-refractivity contribution in [3.05, 3.63) is 84.1 Å². The molecule has 0 spiro atoms. The van der Waals surface area contributed by atoms with Gasteiger partial charge in [0, 0.05) is 19.3 Å². The van der Waals surface area contributed by atoms with Crippen molar-refractivity contribution in [2.24, 2.45) is 5.10 Å². The molecule has 6 heteroatoms. The fourth-order valence-corrected chi connectivity index (χ4v) is 3.35. The first-order valence-electron chi connectivity index (χ1n) is 10.1. The fourth-order valence-electron chi connectivity index (χ4n) is 3.35. The number of anilines is 1. The van der Waals surface area contributed by atoms with Crippen molar-refractivity contribution in [3.63, 3.8) is 0 Å². The smallest absolute Gasteiger partial charge is 0.161 e. The second-order valence-electron chi connectivity index (χ2n) is 7.06. The number of pyridine rings is 1. The maximum atomic E-state index is 5.93. The predicted molar refractivity (Wildman–Crippen MR) is 119 cm³/mol. The molecule has 0 saturated carbocycles. The number of aromatic nitrogens is 1. The number of rotatable bonds is 7. The standard InChI is InChI=1S/C24H26N4O2/c1-29-23-17-21(10-11-22(23)30-19-20-7-3-2-4-8-20)18-26-28-15-13-27(14-16-28)24-9-5-6-12-25-24/h2-12,17-18H,13-16,19H2,1H3/b26-18-. The Labute approximate surface area is 177 Å². The Morgan fingerprint density at radius 3 is 2.47 bits per heavy atom. The van der Waals surface area contributed by atoms with Crippen LogP contribution in [-0.2, 0) is 6.61 Å². The number of hydrogen-bond donors (Lipinski definition) is 0. The molecule has 0 bridgehead atoms. The number of ether oxygens (including phenoxy) is 2. The zero-order valence-electron chi connectivity index (χ0n) is 17.1. The monoisotopic (exact) mass is 402 g/mol. The van der Waals surface area contributed by atoms with Crippen LogP contribution in [0.5, 0.6) is 11.5 Å². The molecular weight excluding hydrogens is 376 g/mol. The normalized spacial score (nSPS) is 14.2. The van der Waals surface area contributed by atoms with Gasteiger partial charge in [-0.25, -0.2) is 4.98 Å². The van der Waals surface area contributed by atoms with E-state index in [4.69, 9.17) is 9.47 Å². The molecule has 1 aromatic heterocycles. The van der Waals surface area contributed by atoms with Gasteiger partial charge in [-0.05, 0) is 41.5 Å². The number of piperazine rings is 1. The van der Waals surface area contributed by atoms with Crippen molar-refractivity contribution in [2.75, 3.05) is 38.2 Å². The van der Waals surface area contributed by atoms with Crippen LogP contribution in [0.3, 0.4) is 0 Å². The topological polar surface area (TPSA) is 50.2 Å². The lowest BCUT2D eigenvalue weighted by Gasteiger charge is -2.33. The minimum atomic E-state index is 0.505. The highest BCUT2D eigenvalue weighted by molar-refractivity contribution is 5.80. The van der Waals surface area contributed by atoms with Gasteiger partial charge in [-0.2, -0.15) is 5.10 Å². The van der Waals surface area contributed by atoms with Crippen molar-refractivity contribution >= 4 is 12.0 Å². The van der Waals surface area contributed by atoms with Crippen LogP contribution in [0.25, 0.3) is 0 Å². The van der Waals surface area contributed by atoms with Gasteiger partial charge in [0.05, 0.1) is 26.4 Å². The minimum Gasteiger partial charge on any atom is -0.493 e. The van der Waals surface area contributed by atoms with Gasteiger partial charge >= 0.3 is 0 Å². The summed E-state index contributed by atoms with van der Waals surface area (Å²) in [6.07, 6.45) is 3.71. The van der Waals surface area contributed by atoms with Crippen LogP contribution in [0.2, 0.25) is 0 Å². The molecule has 0 unspecified atom stereocenters. The summed E-state index contributed by atoms with van der Waals surface area (Å²) in [4.78, 5) is 6.71. The molecule has 30 heavy (non-hydrogen) atoms. The highest BCUT2D eigenvalue weighted by Crippen LogP contribution is 2.28. The minimum absolute atomic E-state index is 0.505. The molecule has 1 aliphatic heterocycles. The number of nitrogens with zero attached hydrogens (tertiary/aromatic N) is 4. The molecule has 0 amide bonds. The van der Waals surface area contributed by atoms with Crippen molar-refractivity contribution in [1.29, 1.82) is 0 Å². The molecule has 1 saturated heterocycles. The second kappa shape index (κ2) is 9.78. The van der Waals surface area contributed by atoms with Gasteiger partial charge in [0.2, 0.25) is 0 Å². The molecule has 0 radical (unpaired) electrons. The summed E-state index contributed by atoms with van der Waals surface area (Å²) in [6, 6.07) is 22.0. The van der Waals surface area contributed by atoms with E-state index in [0.29, 0.717) is 12.4 Å². The molecule has 6 nitrogen and oxygen atoms in total. The Balaban J connectivity index is 1.33. The Morgan fingerprint density at radius 1 is 0.933 bits per heavy atom. The average Bonchev–Trinajstić information content (AvgIpc) is 2.83.